The van der Waals surface area contributed by atoms with Crippen LogP contribution in [0.3, 0.4) is 0 Å². The molecule has 0 spiro atoms. The summed E-state index contributed by atoms with van der Waals surface area (Å²) in [6, 6.07) is 10.8. The van der Waals surface area contributed by atoms with Gasteiger partial charge >= 0.3 is 10.1 Å². The molecule has 0 aliphatic rings. The summed E-state index contributed by atoms with van der Waals surface area (Å²) in [5, 5.41) is 0. The van der Waals surface area contributed by atoms with E-state index < -0.39 is 21.8 Å². The molecule has 0 heterocycles. The van der Waals surface area contributed by atoms with Crippen LogP contribution in [-0.4, -0.2) is 44.6 Å². The third kappa shape index (κ3) is 5.95. The van der Waals surface area contributed by atoms with E-state index in [0.29, 0.717) is 5.56 Å². The first kappa shape index (κ1) is 23.7. The average molecular weight is 437 g/mol. The second kappa shape index (κ2) is 9.93. The highest BCUT2D eigenvalue weighted by Crippen LogP contribution is 2.29. The first-order valence-electron chi connectivity index (χ1n) is 9.90. The number of amides is 1. The van der Waals surface area contributed by atoms with Gasteiger partial charge in [-0.3, -0.25) is 4.79 Å². The maximum atomic E-state index is 14.2. The van der Waals surface area contributed by atoms with Gasteiger partial charge in [-0.25, -0.2) is 4.39 Å². The molecule has 0 N–H and O–H groups in total. The highest BCUT2D eigenvalue weighted by atomic mass is 32.2. The quantitative estimate of drug-likeness (QED) is 0.555. The molecule has 0 aromatic heterocycles. The maximum absolute atomic E-state index is 14.2. The molecule has 0 bridgehead atoms. The predicted molar refractivity (Wildman–Crippen MR) is 117 cm³/mol. The Morgan fingerprint density at radius 3 is 2.27 bits per heavy atom. The largest absolute Gasteiger partial charge is 0.382 e. The molecule has 0 unspecified atom stereocenters. The van der Waals surface area contributed by atoms with Gasteiger partial charge in [0.2, 0.25) is 0 Å². The number of carbonyl (C=O) groups is 1. The van der Waals surface area contributed by atoms with Gasteiger partial charge in [0, 0.05) is 43.0 Å². The SMILES string of the molecule is CCN(CC)c1ccc(CN(C(=O)c2ccccc2F)C(C)C)c(OS(C)(=O)=O)c1. The van der Waals surface area contributed by atoms with Crippen LogP contribution in [0.1, 0.15) is 43.6 Å². The standard InChI is InChI=1S/C22H29FN2O4S/c1-6-24(7-2)18-13-12-17(21(14-18)29-30(5,27)28)15-25(16(3)4)22(26)19-10-8-9-11-20(19)23/h8-14,16H,6-7,15H2,1-5H3. The Morgan fingerprint density at radius 1 is 1.10 bits per heavy atom. The lowest BCUT2D eigenvalue weighted by Crippen LogP contribution is -2.37. The number of hydrogen-bond acceptors (Lipinski definition) is 5. The lowest BCUT2D eigenvalue weighted by molar-refractivity contribution is 0.0685. The Kier molecular flexibility index (Phi) is 7.83. The van der Waals surface area contributed by atoms with Crippen LogP contribution in [0.25, 0.3) is 0 Å². The van der Waals surface area contributed by atoms with Crippen molar-refractivity contribution in [2.75, 3.05) is 24.2 Å². The van der Waals surface area contributed by atoms with Crippen LogP contribution in [-0.2, 0) is 16.7 Å². The minimum absolute atomic E-state index is 0.0310. The van der Waals surface area contributed by atoms with Crippen LogP contribution in [0.4, 0.5) is 10.1 Å². The van der Waals surface area contributed by atoms with Crippen molar-refractivity contribution in [3.05, 3.63) is 59.4 Å². The van der Waals surface area contributed by atoms with Crippen molar-refractivity contribution in [3.8, 4) is 5.75 Å². The van der Waals surface area contributed by atoms with E-state index in [-0.39, 0.29) is 23.9 Å². The molecule has 2 aromatic carbocycles. The van der Waals surface area contributed by atoms with Crippen molar-refractivity contribution in [1.29, 1.82) is 0 Å². The zero-order valence-electron chi connectivity index (χ0n) is 18.1. The monoisotopic (exact) mass is 436 g/mol. The lowest BCUT2D eigenvalue weighted by atomic mass is 10.1. The predicted octanol–water partition coefficient (Wildman–Crippen LogP) is 4.06. The molecule has 6 nitrogen and oxygen atoms in total. The fourth-order valence-corrected chi connectivity index (χ4v) is 3.64. The molecule has 0 fully saturated rings. The van der Waals surface area contributed by atoms with E-state index in [1.165, 1.54) is 23.1 Å². The average Bonchev–Trinajstić information content (AvgIpc) is 2.66. The Morgan fingerprint density at radius 2 is 1.73 bits per heavy atom. The van der Waals surface area contributed by atoms with Crippen molar-refractivity contribution >= 4 is 21.7 Å². The van der Waals surface area contributed by atoms with Crippen LogP contribution in [0.5, 0.6) is 5.75 Å². The smallest absolute Gasteiger partial charge is 0.306 e. The van der Waals surface area contributed by atoms with Gasteiger partial charge < -0.3 is 14.0 Å². The van der Waals surface area contributed by atoms with E-state index in [4.69, 9.17) is 4.18 Å². The zero-order valence-corrected chi connectivity index (χ0v) is 18.9. The molecule has 2 rings (SSSR count). The second-order valence-corrected chi connectivity index (χ2v) is 8.83. The van der Waals surface area contributed by atoms with Gasteiger partial charge in [0.15, 0.2) is 0 Å². The summed E-state index contributed by atoms with van der Waals surface area (Å²) in [6.07, 6.45) is 0.978. The summed E-state index contributed by atoms with van der Waals surface area (Å²) in [5.41, 5.74) is 1.31. The van der Waals surface area contributed by atoms with Gasteiger partial charge in [-0.1, -0.05) is 18.2 Å². The number of nitrogens with zero attached hydrogens (tertiary/aromatic N) is 2. The topological polar surface area (TPSA) is 66.9 Å². The van der Waals surface area contributed by atoms with E-state index in [9.17, 15) is 17.6 Å². The number of rotatable bonds is 9. The minimum atomic E-state index is -3.77. The molecule has 0 saturated carbocycles. The third-order valence-electron chi connectivity index (χ3n) is 4.75. The van der Waals surface area contributed by atoms with Crippen molar-refractivity contribution in [2.24, 2.45) is 0 Å². The Bertz CT molecular complexity index is 988. The summed E-state index contributed by atoms with van der Waals surface area (Å²) < 4.78 is 43.1. The number of benzene rings is 2. The lowest BCUT2D eigenvalue weighted by Gasteiger charge is -2.28. The van der Waals surface area contributed by atoms with Crippen LogP contribution in [0, 0.1) is 5.82 Å². The summed E-state index contributed by atoms with van der Waals surface area (Å²) >= 11 is 0. The van der Waals surface area contributed by atoms with Gasteiger partial charge in [-0.15, -0.1) is 0 Å². The zero-order chi connectivity index (χ0) is 22.5. The number of carbonyl (C=O) groups excluding carboxylic acids is 1. The van der Waals surface area contributed by atoms with Gasteiger partial charge in [-0.2, -0.15) is 8.42 Å². The van der Waals surface area contributed by atoms with Crippen molar-refractivity contribution in [1.82, 2.24) is 4.90 Å². The van der Waals surface area contributed by atoms with E-state index in [2.05, 4.69) is 4.90 Å². The minimum Gasteiger partial charge on any atom is -0.382 e. The molecular formula is C22H29FN2O4S. The fraction of sp³-hybridized carbons (Fsp3) is 0.409. The van der Waals surface area contributed by atoms with Gasteiger partial charge in [0.05, 0.1) is 11.8 Å². The summed E-state index contributed by atoms with van der Waals surface area (Å²) in [6.45, 7) is 9.22. The Balaban J connectivity index is 2.46. The molecule has 0 aliphatic carbocycles. The Hall–Kier alpha value is -2.61. The highest BCUT2D eigenvalue weighted by Gasteiger charge is 2.24. The first-order valence-corrected chi connectivity index (χ1v) is 11.7. The van der Waals surface area contributed by atoms with Crippen LogP contribution in [0.15, 0.2) is 42.5 Å². The van der Waals surface area contributed by atoms with E-state index in [0.717, 1.165) is 25.0 Å². The summed E-state index contributed by atoms with van der Waals surface area (Å²) in [7, 11) is -3.77. The van der Waals surface area contributed by atoms with Gasteiger partial charge in [0.25, 0.3) is 5.91 Å². The molecule has 8 heteroatoms. The van der Waals surface area contributed by atoms with Gasteiger partial charge in [-0.05, 0) is 45.9 Å². The second-order valence-electron chi connectivity index (χ2n) is 7.26. The van der Waals surface area contributed by atoms with Crippen molar-refractivity contribution in [3.63, 3.8) is 0 Å². The molecule has 1 amide bonds. The molecule has 0 saturated heterocycles. The summed E-state index contributed by atoms with van der Waals surface area (Å²) in [4.78, 5) is 16.5. The molecule has 0 aliphatic heterocycles. The molecule has 2 aromatic rings. The van der Waals surface area contributed by atoms with E-state index in [1.807, 2.05) is 33.8 Å². The van der Waals surface area contributed by atoms with Crippen LogP contribution < -0.4 is 9.08 Å². The number of halogens is 1. The summed E-state index contributed by atoms with van der Waals surface area (Å²) in [5.74, 6) is -0.909. The fourth-order valence-electron chi connectivity index (χ4n) is 3.16. The van der Waals surface area contributed by atoms with Crippen molar-refractivity contribution < 1.29 is 21.8 Å². The first-order chi connectivity index (χ1) is 14.1. The van der Waals surface area contributed by atoms with Gasteiger partial charge in [0.1, 0.15) is 11.6 Å². The molecule has 0 atom stereocenters. The Labute approximate surface area is 178 Å². The van der Waals surface area contributed by atoms with Crippen molar-refractivity contribution in [2.45, 2.75) is 40.3 Å². The molecule has 30 heavy (non-hydrogen) atoms. The van der Waals surface area contributed by atoms with Crippen LogP contribution in [0.2, 0.25) is 0 Å². The molecular weight excluding hydrogens is 407 g/mol. The third-order valence-corrected chi connectivity index (χ3v) is 5.23. The normalized spacial score (nSPS) is 11.4. The highest BCUT2D eigenvalue weighted by molar-refractivity contribution is 7.86. The molecule has 164 valence electrons. The number of anilines is 1. The van der Waals surface area contributed by atoms with E-state index in [1.54, 1.807) is 18.2 Å². The van der Waals surface area contributed by atoms with E-state index >= 15 is 0 Å². The number of hydrogen-bond donors (Lipinski definition) is 0. The molecule has 0 radical (unpaired) electrons. The van der Waals surface area contributed by atoms with Crippen LogP contribution >= 0.6 is 0 Å². The maximum Gasteiger partial charge on any atom is 0.306 e.